The molecule has 0 radical (unpaired) electrons. The van der Waals surface area contributed by atoms with Gasteiger partial charge in [0, 0.05) is 11.8 Å². The van der Waals surface area contributed by atoms with E-state index in [9.17, 15) is 22.8 Å². The van der Waals surface area contributed by atoms with E-state index < -0.39 is 23.1 Å². The van der Waals surface area contributed by atoms with Crippen molar-refractivity contribution in [3.05, 3.63) is 92.9 Å². The zero-order chi connectivity index (χ0) is 21.5. The molecular weight excluding hydrogens is 395 g/mol. The number of carbonyl (C=O) groups is 1. The second kappa shape index (κ2) is 7.44. The number of benzene rings is 2. The highest BCUT2D eigenvalue weighted by Gasteiger charge is 2.31. The Balaban J connectivity index is 1.67. The van der Waals surface area contributed by atoms with Crippen LogP contribution in [0.2, 0.25) is 0 Å². The summed E-state index contributed by atoms with van der Waals surface area (Å²) in [5.74, 6) is -0.651. The van der Waals surface area contributed by atoms with Crippen molar-refractivity contribution in [2.24, 2.45) is 0 Å². The van der Waals surface area contributed by atoms with Crippen LogP contribution in [0, 0.1) is 6.92 Å². The molecule has 1 amide bonds. The number of nitrogens with zero attached hydrogens (tertiary/aromatic N) is 2. The van der Waals surface area contributed by atoms with E-state index >= 15 is 0 Å². The van der Waals surface area contributed by atoms with Crippen LogP contribution in [0.4, 0.5) is 13.2 Å². The van der Waals surface area contributed by atoms with Crippen molar-refractivity contribution in [1.29, 1.82) is 0 Å². The van der Waals surface area contributed by atoms with Crippen molar-refractivity contribution >= 4 is 5.91 Å². The second-order valence-electron chi connectivity index (χ2n) is 7.22. The van der Waals surface area contributed by atoms with Gasteiger partial charge < -0.3 is 5.32 Å². The van der Waals surface area contributed by atoms with Gasteiger partial charge in [0.25, 0.3) is 5.91 Å². The Labute approximate surface area is 170 Å². The Kier molecular flexibility index (Phi) is 4.93. The predicted molar refractivity (Wildman–Crippen MR) is 105 cm³/mol. The SMILES string of the molecule is Cc1cc(=O)c(C(=O)NC2CCc3ccccc32)nn1-c1cccc(C(F)(F)F)c1. The van der Waals surface area contributed by atoms with E-state index in [0.29, 0.717) is 12.1 Å². The molecule has 1 heterocycles. The number of aryl methyl sites for hydroxylation is 2. The monoisotopic (exact) mass is 413 g/mol. The first-order chi connectivity index (χ1) is 14.2. The molecule has 0 aliphatic heterocycles. The maximum absolute atomic E-state index is 13.1. The van der Waals surface area contributed by atoms with Crippen LogP contribution >= 0.6 is 0 Å². The van der Waals surface area contributed by atoms with Gasteiger partial charge in [-0.3, -0.25) is 9.59 Å². The lowest BCUT2D eigenvalue weighted by Gasteiger charge is -2.16. The molecule has 8 heteroatoms. The van der Waals surface area contributed by atoms with Crippen LogP contribution < -0.4 is 10.7 Å². The zero-order valence-electron chi connectivity index (χ0n) is 16.0. The predicted octanol–water partition coefficient (Wildman–Crippen LogP) is 3.98. The van der Waals surface area contributed by atoms with Crippen molar-refractivity contribution in [3.63, 3.8) is 0 Å². The normalized spacial score (nSPS) is 15.7. The number of halogens is 3. The highest BCUT2D eigenvalue weighted by molar-refractivity contribution is 5.92. The topological polar surface area (TPSA) is 64.0 Å². The second-order valence-corrected chi connectivity index (χ2v) is 7.22. The number of nitrogens with one attached hydrogen (secondary N) is 1. The number of alkyl halides is 3. The number of carbonyl (C=O) groups excluding carboxylic acids is 1. The van der Waals surface area contributed by atoms with Crippen molar-refractivity contribution in [3.8, 4) is 5.69 Å². The molecule has 154 valence electrons. The number of aromatic nitrogens is 2. The van der Waals surface area contributed by atoms with Gasteiger partial charge in [0.05, 0.1) is 17.3 Å². The molecule has 5 nitrogen and oxygen atoms in total. The Hall–Kier alpha value is -3.42. The molecule has 0 saturated heterocycles. The largest absolute Gasteiger partial charge is 0.416 e. The molecule has 1 atom stereocenters. The molecule has 1 aliphatic rings. The summed E-state index contributed by atoms with van der Waals surface area (Å²) in [6, 6.07) is 13.3. The number of hydrogen-bond acceptors (Lipinski definition) is 3. The number of rotatable bonds is 3. The molecule has 1 aromatic heterocycles. The van der Waals surface area contributed by atoms with Gasteiger partial charge in [-0.05, 0) is 49.1 Å². The molecule has 0 bridgehead atoms. The molecule has 1 unspecified atom stereocenters. The molecule has 1 N–H and O–H groups in total. The Morgan fingerprint density at radius 3 is 2.67 bits per heavy atom. The van der Waals surface area contributed by atoms with E-state index in [2.05, 4.69) is 10.4 Å². The first kappa shape index (κ1) is 19.9. The van der Waals surface area contributed by atoms with Gasteiger partial charge in [0.1, 0.15) is 0 Å². The summed E-state index contributed by atoms with van der Waals surface area (Å²) in [6.45, 7) is 1.55. The van der Waals surface area contributed by atoms with Crippen molar-refractivity contribution < 1.29 is 18.0 Å². The molecule has 30 heavy (non-hydrogen) atoms. The van der Waals surface area contributed by atoms with Gasteiger partial charge in [-0.15, -0.1) is 0 Å². The van der Waals surface area contributed by atoms with Gasteiger partial charge in [-0.2, -0.15) is 18.3 Å². The van der Waals surface area contributed by atoms with Gasteiger partial charge in [0.2, 0.25) is 5.43 Å². The molecule has 0 spiro atoms. The van der Waals surface area contributed by atoms with E-state index in [1.54, 1.807) is 6.92 Å². The average molecular weight is 413 g/mol. The maximum atomic E-state index is 13.1. The molecular formula is C22H18F3N3O2. The van der Waals surface area contributed by atoms with Gasteiger partial charge in [-0.25, -0.2) is 4.68 Å². The minimum absolute atomic E-state index is 0.114. The summed E-state index contributed by atoms with van der Waals surface area (Å²) >= 11 is 0. The number of hydrogen-bond donors (Lipinski definition) is 1. The smallest absolute Gasteiger partial charge is 0.344 e. The average Bonchev–Trinajstić information content (AvgIpc) is 3.10. The maximum Gasteiger partial charge on any atom is 0.416 e. The summed E-state index contributed by atoms with van der Waals surface area (Å²) in [6.07, 6.45) is -2.99. The summed E-state index contributed by atoms with van der Waals surface area (Å²) in [5, 5.41) is 6.92. The third-order valence-electron chi connectivity index (χ3n) is 5.18. The molecule has 3 aromatic rings. The molecule has 0 saturated carbocycles. The van der Waals surface area contributed by atoms with E-state index in [0.717, 1.165) is 29.7 Å². The third-order valence-corrected chi connectivity index (χ3v) is 5.18. The quantitative estimate of drug-likeness (QED) is 0.707. The van der Waals surface area contributed by atoms with Gasteiger partial charge >= 0.3 is 6.18 Å². The van der Waals surface area contributed by atoms with Gasteiger partial charge in [-0.1, -0.05) is 30.3 Å². The number of fused-ring (bicyclic) bond motifs is 1. The fourth-order valence-corrected chi connectivity index (χ4v) is 3.71. The summed E-state index contributed by atoms with van der Waals surface area (Å²) in [4.78, 5) is 25.2. The van der Waals surface area contributed by atoms with Crippen LogP contribution in [0.5, 0.6) is 0 Å². The summed E-state index contributed by atoms with van der Waals surface area (Å²) in [7, 11) is 0. The molecule has 2 aromatic carbocycles. The lowest BCUT2D eigenvalue weighted by atomic mass is 10.1. The van der Waals surface area contributed by atoms with E-state index in [4.69, 9.17) is 0 Å². The zero-order valence-corrected chi connectivity index (χ0v) is 16.0. The van der Waals surface area contributed by atoms with Crippen molar-refractivity contribution in [2.45, 2.75) is 32.0 Å². The highest BCUT2D eigenvalue weighted by atomic mass is 19.4. The molecule has 1 aliphatic carbocycles. The van der Waals surface area contributed by atoms with Crippen LogP contribution in [0.25, 0.3) is 5.69 Å². The summed E-state index contributed by atoms with van der Waals surface area (Å²) < 4.78 is 40.4. The van der Waals surface area contributed by atoms with E-state index in [1.165, 1.54) is 22.9 Å². The lowest BCUT2D eigenvalue weighted by Crippen LogP contribution is -2.33. The minimum Gasteiger partial charge on any atom is -0.344 e. The third kappa shape index (κ3) is 3.72. The number of amides is 1. The van der Waals surface area contributed by atoms with E-state index in [-0.39, 0.29) is 17.4 Å². The lowest BCUT2D eigenvalue weighted by molar-refractivity contribution is -0.137. The highest BCUT2D eigenvalue weighted by Crippen LogP contribution is 2.31. The van der Waals surface area contributed by atoms with Crippen LogP contribution in [0.3, 0.4) is 0 Å². The van der Waals surface area contributed by atoms with E-state index in [1.807, 2.05) is 24.3 Å². The van der Waals surface area contributed by atoms with Crippen LogP contribution in [0.1, 0.15) is 45.3 Å². The molecule has 4 rings (SSSR count). The van der Waals surface area contributed by atoms with Crippen molar-refractivity contribution in [2.75, 3.05) is 0 Å². The summed E-state index contributed by atoms with van der Waals surface area (Å²) in [5.41, 5.74) is 0.789. The fourth-order valence-electron chi connectivity index (χ4n) is 3.71. The van der Waals surface area contributed by atoms with Crippen LogP contribution in [-0.4, -0.2) is 15.7 Å². The van der Waals surface area contributed by atoms with Crippen molar-refractivity contribution in [1.82, 2.24) is 15.1 Å². The Bertz CT molecular complexity index is 1180. The van der Waals surface area contributed by atoms with Crippen LogP contribution in [0.15, 0.2) is 59.4 Å². The first-order valence-corrected chi connectivity index (χ1v) is 9.41. The van der Waals surface area contributed by atoms with Crippen LogP contribution in [-0.2, 0) is 12.6 Å². The van der Waals surface area contributed by atoms with Gasteiger partial charge in [0.15, 0.2) is 5.69 Å². The standard InChI is InChI=1S/C22H18F3N3O2/c1-13-11-19(29)20(21(30)26-18-10-9-14-5-2-3-8-17(14)18)27-28(13)16-7-4-6-15(12-16)22(23,24)25/h2-8,11-12,18H,9-10H2,1H3,(H,26,30). The first-order valence-electron chi connectivity index (χ1n) is 9.41. The molecule has 0 fully saturated rings. The fraction of sp³-hybridized carbons (Fsp3) is 0.227. The minimum atomic E-state index is -4.51. The Morgan fingerprint density at radius 2 is 1.90 bits per heavy atom. The Morgan fingerprint density at radius 1 is 1.13 bits per heavy atom.